The van der Waals surface area contributed by atoms with Crippen molar-refractivity contribution in [1.29, 1.82) is 0 Å². The molecule has 80 valence electrons. The van der Waals surface area contributed by atoms with E-state index >= 15 is 0 Å². The van der Waals surface area contributed by atoms with Crippen molar-refractivity contribution in [3.8, 4) is 0 Å². The Morgan fingerprint density at radius 3 is 2.67 bits per heavy atom. The van der Waals surface area contributed by atoms with Crippen LogP contribution in [0.3, 0.4) is 0 Å². The fraction of sp³-hybridized carbons (Fsp3) is 0.222. The maximum Gasteiger partial charge on any atom is 0.328 e. The first-order valence-electron chi connectivity index (χ1n) is 4.18. The third kappa shape index (κ3) is 2.67. The number of allylic oxidation sites excluding steroid dienone is 1. The van der Waals surface area contributed by atoms with E-state index in [-0.39, 0.29) is 6.54 Å². The summed E-state index contributed by atoms with van der Waals surface area (Å²) < 4.78 is 2.31. The fourth-order valence-corrected chi connectivity index (χ4v) is 1.00. The maximum absolute atomic E-state index is 11.3. The van der Waals surface area contributed by atoms with E-state index in [2.05, 4.69) is 0 Å². The molecule has 0 aliphatic rings. The van der Waals surface area contributed by atoms with E-state index in [0.29, 0.717) is 0 Å². The molecule has 1 N–H and O–H groups in total. The van der Waals surface area contributed by atoms with Crippen molar-refractivity contribution in [2.24, 2.45) is 7.05 Å². The van der Waals surface area contributed by atoms with E-state index in [4.69, 9.17) is 5.11 Å². The van der Waals surface area contributed by atoms with Crippen LogP contribution < -0.4 is 11.1 Å². The molecular formula is C9H10N2O4. The quantitative estimate of drug-likeness (QED) is 0.522. The summed E-state index contributed by atoms with van der Waals surface area (Å²) in [6, 6.07) is 0. The Kier molecular flexibility index (Phi) is 3.22. The topological polar surface area (TPSA) is 81.3 Å². The fourth-order valence-electron chi connectivity index (χ4n) is 1.00. The maximum atomic E-state index is 11.3. The van der Waals surface area contributed by atoms with Crippen molar-refractivity contribution in [2.75, 3.05) is 0 Å². The number of aliphatic carboxylic acids is 1. The van der Waals surface area contributed by atoms with E-state index in [9.17, 15) is 14.4 Å². The van der Waals surface area contributed by atoms with E-state index in [1.807, 2.05) is 0 Å². The van der Waals surface area contributed by atoms with Gasteiger partial charge in [0, 0.05) is 32.1 Å². The van der Waals surface area contributed by atoms with Gasteiger partial charge in [0.2, 0.25) is 0 Å². The first-order valence-corrected chi connectivity index (χ1v) is 4.18. The molecule has 0 fully saturated rings. The van der Waals surface area contributed by atoms with Crippen LogP contribution in [-0.2, 0) is 18.4 Å². The van der Waals surface area contributed by atoms with Gasteiger partial charge in [0.05, 0.1) is 0 Å². The Balaban J connectivity index is 2.98. The minimum absolute atomic E-state index is 0.0706. The smallest absolute Gasteiger partial charge is 0.328 e. The van der Waals surface area contributed by atoms with Gasteiger partial charge in [-0.2, -0.15) is 0 Å². The molecule has 6 heteroatoms. The van der Waals surface area contributed by atoms with Gasteiger partial charge >= 0.3 is 17.1 Å². The van der Waals surface area contributed by atoms with Gasteiger partial charge in [0.25, 0.3) is 0 Å². The predicted octanol–water partition coefficient (Wildman–Crippen LogP) is -0.812. The number of carboxylic acid groups (broad SMARTS) is 1. The van der Waals surface area contributed by atoms with Gasteiger partial charge in [-0.25, -0.2) is 4.79 Å². The van der Waals surface area contributed by atoms with Gasteiger partial charge in [-0.15, -0.1) is 0 Å². The lowest BCUT2D eigenvalue weighted by atomic mass is 10.4. The van der Waals surface area contributed by atoms with Crippen molar-refractivity contribution in [1.82, 2.24) is 9.13 Å². The Hall–Kier alpha value is -2.11. The standard InChI is InChI=1S/C9H10N2O4/c1-10-5-6-11(9(15)8(10)14)4-2-3-7(12)13/h2-3,5-6H,4H2,1H3,(H,12,13)/b3-2+. The highest BCUT2D eigenvalue weighted by molar-refractivity contribution is 5.79. The highest BCUT2D eigenvalue weighted by atomic mass is 16.4. The average molecular weight is 210 g/mol. The van der Waals surface area contributed by atoms with Crippen LogP contribution in [0.2, 0.25) is 0 Å². The lowest BCUT2D eigenvalue weighted by Gasteiger charge is -2.01. The number of carbonyl (C=O) groups is 1. The van der Waals surface area contributed by atoms with Crippen LogP contribution in [-0.4, -0.2) is 20.2 Å². The molecule has 0 atom stereocenters. The first kappa shape index (κ1) is 11.0. The van der Waals surface area contributed by atoms with Gasteiger partial charge < -0.3 is 14.2 Å². The predicted molar refractivity (Wildman–Crippen MR) is 52.7 cm³/mol. The summed E-state index contributed by atoms with van der Waals surface area (Å²) in [7, 11) is 1.47. The van der Waals surface area contributed by atoms with Crippen LogP contribution in [0.25, 0.3) is 0 Å². The summed E-state index contributed by atoms with van der Waals surface area (Å²) in [6.07, 6.45) is 5.08. The largest absolute Gasteiger partial charge is 0.478 e. The van der Waals surface area contributed by atoms with Crippen LogP contribution >= 0.6 is 0 Å². The third-order valence-corrected chi connectivity index (χ3v) is 1.80. The highest BCUT2D eigenvalue weighted by Gasteiger charge is 1.99. The van der Waals surface area contributed by atoms with Crippen molar-refractivity contribution in [3.63, 3.8) is 0 Å². The second-order valence-corrected chi connectivity index (χ2v) is 2.91. The Morgan fingerprint density at radius 2 is 2.07 bits per heavy atom. The summed E-state index contributed by atoms with van der Waals surface area (Å²) in [5, 5.41) is 8.32. The van der Waals surface area contributed by atoms with Gasteiger partial charge in [0.1, 0.15) is 0 Å². The number of nitrogens with zero attached hydrogens (tertiary/aromatic N) is 2. The molecule has 1 rings (SSSR count). The van der Waals surface area contributed by atoms with Gasteiger partial charge in [-0.1, -0.05) is 6.08 Å². The number of rotatable bonds is 3. The van der Waals surface area contributed by atoms with Gasteiger partial charge in [0.15, 0.2) is 0 Å². The molecule has 6 nitrogen and oxygen atoms in total. The molecule has 0 saturated heterocycles. The van der Waals surface area contributed by atoms with Crippen molar-refractivity contribution < 1.29 is 9.90 Å². The second-order valence-electron chi connectivity index (χ2n) is 2.91. The van der Waals surface area contributed by atoms with Crippen molar-refractivity contribution in [3.05, 3.63) is 45.3 Å². The van der Waals surface area contributed by atoms with Gasteiger partial charge in [-0.3, -0.25) is 9.59 Å². The molecule has 1 aromatic rings. The van der Waals surface area contributed by atoms with Crippen molar-refractivity contribution >= 4 is 5.97 Å². The molecule has 0 aliphatic carbocycles. The minimum atomic E-state index is -1.09. The molecule has 0 aliphatic heterocycles. The number of hydrogen-bond donors (Lipinski definition) is 1. The average Bonchev–Trinajstić information content (AvgIpc) is 2.18. The van der Waals surface area contributed by atoms with Crippen LogP contribution in [0, 0.1) is 0 Å². The van der Waals surface area contributed by atoms with Crippen molar-refractivity contribution in [2.45, 2.75) is 6.54 Å². The number of aromatic nitrogens is 2. The zero-order valence-corrected chi connectivity index (χ0v) is 8.08. The molecule has 0 bridgehead atoms. The molecular weight excluding hydrogens is 200 g/mol. The second kappa shape index (κ2) is 4.41. The van der Waals surface area contributed by atoms with Crippen LogP contribution in [0.4, 0.5) is 0 Å². The molecule has 1 aromatic heterocycles. The Morgan fingerprint density at radius 1 is 1.40 bits per heavy atom. The molecule has 0 unspecified atom stereocenters. The van der Waals surface area contributed by atoms with E-state index < -0.39 is 17.1 Å². The Bertz CT molecular complexity index is 510. The lowest BCUT2D eigenvalue weighted by Crippen LogP contribution is -2.39. The molecule has 1 heterocycles. The SMILES string of the molecule is Cn1ccn(C/C=C/C(=O)O)c(=O)c1=O. The summed E-state index contributed by atoms with van der Waals surface area (Å²) in [5.74, 6) is -1.09. The number of aryl methyl sites for hydroxylation is 1. The minimum Gasteiger partial charge on any atom is -0.478 e. The van der Waals surface area contributed by atoms with E-state index in [1.54, 1.807) is 0 Å². The summed E-state index contributed by atoms with van der Waals surface area (Å²) >= 11 is 0. The summed E-state index contributed by atoms with van der Waals surface area (Å²) in [5.41, 5.74) is -1.31. The van der Waals surface area contributed by atoms with Gasteiger partial charge in [-0.05, 0) is 0 Å². The Labute approximate surface area is 84.7 Å². The number of hydrogen-bond acceptors (Lipinski definition) is 3. The molecule has 0 saturated carbocycles. The highest BCUT2D eigenvalue weighted by Crippen LogP contribution is 1.81. The summed E-state index contributed by atoms with van der Waals surface area (Å²) in [6.45, 7) is 0.0706. The molecule has 15 heavy (non-hydrogen) atoms. The number of carboxylic acids is 1. The monoisotopic (exact) mass is 210 g/mol. The normalized spacial score (nSPS) is 10.7. The molecule has 0 radical (unpaired) electrons. The molecule has 0 spiro atoms. The zero-order chi connectivity index (χ0) is 11.4. The zero-order valence-electron chi connectivity index (χ0n) is 8.08. The lowest BCUT2D eigenvalue weighted by molar-refractivity contribution is -0.131. The van der Waals surface area contributed by atoms with E-state index in [1.165, 1.54) is 30.1 Å². The van der Waals surface area contributed by atoms with Crippen LogP contribution in [0.5, 0.6) is 0 Å². The van der Waals surface area contributed by atoms with Crippen LogP contribution in [0.15, 0.2) is 34.1 Å². The first-order chi connectivity index (χ1) is 7.02. The third-order valence-electron chi connectivity index (χ3n) is 1.80. The molecule has 0 aromatic carbocycles. The summed E-state index contributed by atoms with van der Waals surface area (Å²) in [4.78, 5) is 32.6. The molecule has 0 amide bonds. The van der Waals surface area contributed by atoms with Crippen LogP contribution in [0.1, 0.15) is 0 Å². The van der Waals surface area contributed by atoms with E-state index in [0.717, 1.165) is 10.6 Å².